The Labute approximate surface area is 174 Å². The highest BCUT2D eigenvalue weighted by molar-refractivity contribution is 7.99. The van der Waals surface area contributed by atoms with Crippen LogP contribution in [0.15, 0.2) is 47.4 Å². The summed E-state index contributed by atoms with van der Waals surface area (Å²) in [5.41, 5.74) is 3.95. The van der Waals surface area contributed by atoms with Crippen molar-refractivity contribution in [3.63, 3.8) is 0 Å². The van der Waals surface area contributed by atoms with Gasteiger partial charge >= 0.3 is 0 Å². The molecule has 0 unspecified atom stereocenters. The number of rotatable bonds is 7. The summed E-state index contributed by atoms with van der Waals surface area (Å²) in [4.78, 5) is 3.47. The molecule has 1 aliphatic heterocycles. The van der Waals surface area contributed by atoms with E-state index in [-0.39, 0.29) is 11.6 Å². The molecule has 0 saturated heterocycles. The van der Waals surface area contributed by atoms with Gasteiger partial charge in [-0.2, -0.15) is 0 Å². The van der Waals surface area contributed by atoms with Crippen molar-refractivity contribution in [3.8, 4) is 5.75 Å². The van der Waals surface area contributed by atoms with Crippen molar-refractivity contribution in [2.24, 2.45) is 0 Å². The minimum Gasteiger partial charge on any atom is -0.495 e. The summed E-state index contributed by atoms with van der Waals surface area (Å²) in [6, 6.07) is 15.6. The van der Waals surface area contributed by atoms with E-state index >= 15 is 0 Å². The average molecular weight is 399 g/mol. The van der Waals surface area contributed by atoms with Crippen LogP contribution in [-0.4, -0.2) is 32.5 Å². The molecule has 0 amide bonds. The standard InChI is InChI=1S/C24H34N2OS/c1-6-8-14-24(7-2)17-28-22-16-21(27-5)20(26(3)4)15-19(22)23(25-24)18-12-10-9-11-13-18/h9-13,15-16,23,25H,6-8,14,17H2,1-5H3/t23-,24-/m1/s1. The molecule has 2 aromatic carbocycles. The summed E-state index contributed by atoms with van der Waals surface area (Å²) in [6.07, 6.45) is 4.83. The number of nitrogens with one attached hydrogen (secondary N) is 1. The molecule has 152 valence electrons. The van der Waals surface area contributed by atoms with E-state index in [0.29, 0.717) is 0 Å². The number of benzene rings is 2. The Morgan fingerprint density at radius 1 is 1.18 bits per heavy atom. The molecule has 0 aliphatic carbocycles. The SMILES string of the molecule is CCCC[C@]1(CC)CSc2cc(OC)c(N(C)C)cc2[C@@H](c2ccccc2)N1. The highest BCUT2D eigenvalue weighted by atomic mass is 32.2. The van der Waals surface area contributed by atoms with E-state index in [0.717, 1.165) is 23.6 Å². The second kappa shape index (κ2) is 9.23. The van der Waals surface area contributed by atoms with Crippen LogP contribution in [0, 0.1) is 0 Å². The van der Waals surface area contributed by atoms with Gasteiger partial charge in [0.25, 0.3) is 0 Å². The summed E-state index contributed by atoms with van der Waals surface area (Å²) < 4.78 is 5.72. The molecule has 0 fully saturated rings. The quantitative estimate of drug-likeness (QED) is 0.629. The van der Waals surface area contributed by atoms with E-state index < -0.39 is 0 Å². The smallest absolute Gasteiger partial charge is 0.143 e. The number of nitrogens with zero attached hydrogens (tertiary/aromatic N) is 1. The Hall–Kier alpha value is -1.65. The molecule has 0 radical (unpaired) electrons. The second-order valence-corrected chi connectivity index (χ2v) is 8.99. The largest absolute Gasteiger partial charge is 0.495 e. The van der Waals surface area contributed by atoms with Crippen molar-refractivity contribution in [1.82, 2.24) is 5.32 Å². The van der Waals surface area contributed by atoms with Crippen molar-refractivity contribution in [3.05, 3.63) is 53.6 Å². The first-order chi connectivity index (χ1) is 13.5. The van der Waals surface area contributed by atoms with Gasteiger partial charge < -0.3 is 9.64 Å². The van der Waals surface area contributed by atoms with E-state index in [1.807, 2.05) is 11.8 Å². The lowest BCUT2D eigenvalue weighted by atomic mass is 9.88. The highest BCUT2D eigenvalue weighted by Crippen LogP contribution is 2.44. The van der Waals surface area contributed by atoms with Gasteiger partial charge in [0, 0.05) is 30.3 Å². The molecule has 28 heavy (non-hydrogen) atoms. The van der Waals surface area contributed by atoms with Gasteiger partial charge in [0.15, 0.2) is 0 Å². The molecule has 3 nitrogen and oxygen atoms in total. The lowest BCUT2D eigenvalue weighted by Gasteiger charge is -2.36. The van der Waals surface area contributed by atoms with Crippen molar-refractivity contribution in [2.75, 3.05) is 31.9 Å². The van der Waals surface area contributed by atoms with Crippen LogP contribution < -0.4 is 15.0 Å². The number of unbranched alkanes of at least 4 members (excludes halogenated alkanes) is 1. The molecular formula is C24H34N2OS. The monoisotopic (exact) mass is 398 g/mol. The van der Waals surface area contributed by atoms with Gasteiger partial charge in [-0.15, -0.1) is 11.8 Å². The average Bonchev–Trinajstić information content (AvgIpc) is 2.89. The lowest BCUT2D eigenvalue weighted by Crippen LogP contribution is -2.48. The number of hydrogen-bond donors (Lipinski definition) is 1. The Bertz CT molecular complexity index is 778. The zero-order chi connectivity index (χ0) is 20.1. The molecule has 2 aromatic rings. The normalized spacial score (nSPS) is 21.7. The maximum absolute atomic E-state index is 5.72. The lowest BCUT2D eigenvalue weighted by molar-refractivity contribution is 0.298. The topological polar surface area (TPSA) is 24.5 Å². The zero-order valence-corrected chi connectivity index (χ0v) is 18.7. The molecule has 2 atom stereocenters. The number of ether oxygens (including phenoxy) is 1. The molecule has 3 rings (SSSR count). The van der Waals surface area contributed by atoms with E-state index in [1.54, 1.807) is 7.11 Å². The van der Waals surface area contributed by atoms with Crippen LogP contribution in [0.2, 0.25) is 0 Å². The summed E-state index contributed by atoms with van der Waals surface area (Å²) in [5, 5.41) is 4.11. The fraction of sp³-hybridized carbons (Fsp3) is 0.500. The first-order valence-electron chi connectivity index (χ1n) is 10.4. The maximum Gasteiger partial charge on any atom is 0.143 e. The molecule has 0 bridgehead atoms. The third-order valence-corrected chi connectivity index (χ3v) is 7.24. The Balaban J connectivity index is 2.13. The van der Waals surface area contributed by atoms with Crippen molar-refractivity contribution in [1.29, 1.82) is 0 Å². The number of fused-ring (bicyclic) bond motifs is 1. The molecule has 1 N–H and O–H groups in total. The minimum atomic E-state index is 0.145. The predicted molar refractivity (Wildman–Crippen MR) is 122 cm³/mol. The maximum atomic E-state index is 5.72. The van der Waals surface area contributed by atoms with Crippen LogP contribution in [0.5, 0.6) is 5.75 Å². The third-order valence-electron chi connectivity index (χ3n) is 5.88. The van der Waals surface area contributed by atoms with Crippen LogP contribution >= 0.6 is 11.8 Å². The van der Waals surface area contributed by atoms with Crippen molar-refractivity contribution < 1.29 is 4.74 Å². The van der Waals surface area contributed by atoms with Crippen LogP contribution in [0.25, 0.3) is 0 Å². The summed E-state index contributed by atoms with van der Waals surface area (Å²) in [6.45, 7) is 4.61. The first-order valence-corrected chi connectivity index (χ1v) is 11.4. The van der Waals surface area contributed by atoms with Gasteiger partial charge in [0.2, 0.25) is 0 Å². The van der Waals surface area contributed by atoms with Gasteiger partial charge in [-0.25, -0.2) is 0 Å². The Morgan fingerprint density at radius 2 is 1.93 bits per heavy atom. The molecule has 1 aliphatic rings. The van der Waals surface area contributed by atoms with Crippen molar-refractivity contribution in [2.45, 2.75) is 56.0 Å². The van der Waals surface area contributed by atoms with Crippen LogP contribution in [0.1, 0.15) is 56.7 Å². The number of thioether (sulfide) groups is 1. The molecule has 0 aromatic heterocycles. The second-order valence-electron chi connectivity index (χ2n) is 7.97. The van der Waals surface area contributed by atoms with E-state index in [9.17, 15) is 0 Å². The highest BCUT2D eigenvalue weighted by Gasteiger charge is 2.36. The molecule has 4 heteroatoms. The summed E-state index contributed by atoms with van der Waals surface area (Å²) in [5.74, 6) is 2.03. The van der Waals surface area contributed by atoms with Gasteiger partial charge in [-0.3, -0.25) is 5.32 Å². The van der Waals surface area contributed by atoms with E-state index in [1.165, 1.54) is 35.3 Å². The number of methoxy groups -OCH3 is 1. The Morgan fingerprint density at radius 3 is 2.54 bits per heavy atom. The molecule has 0 saturated carbocycles. The third kappa shape index (κ3) is 4.33. The fourth-order valence-corrected chi connectivity index (χ4v) is 5.42. The fourth-order valence-electron chi connectivity index (χ4n) is 4.02. The molecule has 0 spiro atoms. The first kappa shape index (κ1) is 21.1. The predicted octanol–water partition coefficient (Wildman–Crippen LogP) is 5.88. The van der Waals surface area contributed by atoms with Crippen LogP contribution in [-0.2, 0) is 0 Å². The van der Waals surface area contributed by atoms with Gasteiger partial charge in [0.1, 0.15) is 5.75 Å². The van der Waals surface area contributed by atoms with Crippen LogP contribution in [0.3, 0.4) is 0 Å². The summed E-state index contributed by atoms with van der Waals surface area (Å²) >= 11 is 1.98. The number of anilines is 1. The van der Waals surface area contributed by atoms with Crippen LogP contribution in [0.4, 0.5) is 5.69 Å². The van der Waals surface area contributed by atoms with E-state index in [2.05, 4.69) is 80.6 Å². The molecule has 1 heterocycles. The number of hydrogen-bond acceptors (Lipinski definition) is 4. The molecular weight excluding hydrogens is 364 g/mol. The van der Waals surface area contributed by atoms with Gasteiger partial charge in [-0.05, 0) is 36.1 Å². The minimum absolute atomic E-state index is 0.145. The Kier molecular flexibility index (Phi) is 6.95. The van der Waals surface area contributed by atoms with Gasteiger partial charge in [-0.1, -0.05) is 57.0 Å². The van der Waals surface area contributed by atoms with E-state index in [4.69, 9.17) is 4.74 Å². The summed E-state index contributed by atoms with van der Waals surface area (Å²) in [7, 11) is 5.92. The van der Waals surface area contributed by atoms with Crippen molar-refractivity contribution >= 4 is 17.4 Å². The van der Waals surface area contributed by atoms with Gasteiger partial charge in [0.05, 0.1) is 18.8 Å². The zero-order valence-electron chi connectivity index (χ0n) is 17.9.